The molecular formula is C23H18ClNO3. The fourth-order valence-electron chi connectivity index (χ4n) is 3.27. The topological polar surface area (TPSA) is 55.4 Å². The Morgan fingerprint density at radius 2 is 1.86 bits per heavy atom. The number of anilines is 1. The minimum Gasteiger partial charge on any atom is -0.454 e. The van der Waals surface area contributed by atoms with Gasteiger partial charge in [-0.1, -0.05) is 47.5 Å². The Bertz CT molecular complexity index is 1060. The molecule has 140 valence electrons. The van der Waals surface area contributed by atoms with Crippen LogP contribution in [0.5, 0.6) is 0 Å². The molecule has 1 N–H and O–H groups in total. The van der Waals surface area contributed by atoms with Gasteiger partial charge in [-0.25, -0.2) is 4.79 Å². The van der Waals surface area contributed by atoms with Crippen LogP contribution in [0, 0.1) is 6.92 Å². The number of halogens is 1. The van der Waals surface area contributed by atoms with Crippen LogP contribution in [-0.4, -0.2) is 11.9 Å². The number of rotatable bonds is 3. The molecule has 1 heterocycles. The van der Waals surface area contributed by atoms with E-state index in [1.807, 2.05) is 31.2 Å². The van der Waals surface area contributed by atoms with E-state index in [4.69, 9.17) is 16.3 Å². The van der Waals surface area contributed by atoms with Gasteiger partial charge in [0, 0.05) is 22.7 Å². The summed E-state index contributed by atoms with van der Waals surface area (Å²) in [6, 6.07) is 19.9. The number of cyclic esters (lactones) is 1. The molecule has 0 radical (unpaired) electrons. The number of amides is 1. The van der Waals surface area contributed by atoms with Crippen LogP contribution in [0.25, 0.3) is 0 Å². The second-order valence-electron chi connectivity index (χ2n) is 6.85. The molecule has 3 aromatic rings. The molecule has 0 fully saturated rings. The number of fused-ring (bicyclic) bond motifs is 1. The standard InChI is InChI=1S/C23H18ClNO3/c1-14-5-7-15(8-6-14)21-12-17-11-16(9-10-20(17)23(27)28-21)22(26)25-19-4-2-3-18(24)13-19/h2-11,13,21H,12H2,1H3,(H,25,26)/t21-/m0/s1. The van der Waals surface area contributed by atoms with Gasteiger partial charge in [0.1, 0.15) is 6.10 Å². The Balaban J connectivity index is 1.58. The maximum absolute atomic E-state index is 12.6. The molecule has 4 rings (SSSR count). The lowest BCUT2D eigenvalue weighted by Gasteiger charge is -2.25. The van der Waals surface area contributed by atoms with Gasteiger partial charge in [-0.15, -0.1) is 0 Å². The third kappa shape index (κ3) is 3.78. The van der Waals surface area contributed by atoms with E-state index in [0.29, 0.717) is 28.3 Å². The van der Waals surface area contributed by atoms with Crippen LogP contribution in [0.15, 0.2) is 66.7 Å². The number of aryl methyl sites for hydroxylation is 1. The van der Waals surface area contributed by atoms with E-state index in [0.717, 1.165) is 16.7 Å². The van der Waals surface area contributed by atoms with Gasteiger partial charge in [0.15, 0.2) is 0 Å². The molecular weight excluding hydrogens is 374 g/mol. The maximum atomic E-state index is 12.6. The summed E-state index contributed by atoms with van der Waals surface area (Å²) in [6.07, 6.45) is 0.175. The highest BCUT2D eigenvalue weighted by Gasteiger charge is 2.28. The van der Waals surface area contributed by atoms with E-state index in [-0.39, 0.29) is 18.0 Å². The van der Waals surface area contributed by atoms with Crippen LogP contribution in [0.4, 0.5) is 5.69 Å². The largest absolute Gasteiger partial charge is 0.454 e. The molecule has 1 aliphatic heterocycles. The number of ether oxygens (including phenoxy) is 1. The average molecular weight is 392 g/mol. The molecule has 0 spiro atoms. The van der Waals surface area contributed by atoms with Crippen molar-refractivity contribution in [1.82, 2.24) is 0 Å². The zero-order valence-corrected chi connectivity index (χ0v) is 16.0. The molecule has 1 aliphatic rings. The van der Waals surface area contributed by atoms with Gasteiger partial charge in [-0.05, 0) is 54.4 Å². The van der Waals surface area contributed by atoms with Crippen molar-refractivity contribution in [3.05, 3.63) is 99.6 Å². The first-order valence-corrected chi connectivity index (χ1v) is 9.35. The monoisotopic (exact) mass is 391 g/mol. The van der Waals surface area contributed by atoms with E-state index in [2.05, 4.69) is 5.32 Å². The summed E-state index contributed by atoms with van der Waals surface area (Å²) in [5.74, 6) is -0.621. The quantitative estimate of drug-likeness (QED) is 0.612. The normalized spacial score (nSPS) is 15.5. The number of esters is 1. The van der Waals surface area contributed by atoms with Crippen LogP contribution >= 0.6 is 11.6 Å². The molecule has 0 bridgehead atoms. The fraction of sp³-hybridized carbons (Fsp3) is 0.130. The Hall–Kier alpha value is -3.11. The van der Waals surface area contributed by atoms with Crippen LogP contribution in [-0.2, 0) is 11.2 Å². The highest BCUT2D eigenvalue weighted by molar-refractivity contribution is 6.31. The lowest BCUT2D eigenvalue weighted by Crippen LogP contribution is -2.23. The van der Waals surface area contributed by atoms with Crippen molar-refractivity contribution in [2.45, 2.75) is 19.4 Å². The third-order valence-corrected chi connectivity index (χ3v) is 5.01. The number of carbonyl (C=O) groups is 2. The van der Waals surface area contributed by atoms with E-state index in [1.54, 1.807) is 42.5 Å². The van der Waals surface area contributed by atoms with Gasteiger partial charge in [0.2, 0.25) is 0 Å². The minimum atomic E-state index is -0.367. The molecule has 0 unspecified atom stereocenters. The molecule has 0 aliphatic carbocycles. The lowest BCUT2D eigenvalue weighted by atomic mass is 9.92. The first kappa shape index (κ1) is 18.3. The minimum absolute atomic E-state index is 0.254. The summed E-state index contributed by atoms with van der Waals surface area (Å²) in [7, 11) is 0. The molecule has 0 saturated carbocycles. The number of carbonyl (C=O) groups excluding carboxylic acids is 2. The van der Waals surface area contributed by atoms with Crippen molar-refractivity contribution in [2.24, 2.45) is 0 Å². The zero-order valence-electron chi connectivity index (χ0n) is 15.2. The summed E-state index contributed by atoms with van der Waals surface area (Å²) in [5, 5.41) is 3.37. The summed E-state index contributed by atoms with van der Waals surface area (Å²) in [6.45, 7) is 2.01. The van der Waals surface area contributed by atoms with Crippen molar-refractivity contribution in [3.63, 3.8) is 0 Å². The van der Waals surface area contributed by atoms with Crippen molar-refractivity contribution < 1.29 is 14.3 Å². The second kappa shape index (κ2) is 7.49. The second-order valence-corrected chi connectivity index (χ2v) is 7.28. The van der Waals surface area contributed by atoms with E-state index >= 15 is 0 Å². The van der Waals surface area contributed by atoms with Crippen LogP contribution in [0.2, 0.25) is 5.02 Å². The van der Waals surface area contributed by atoms with Crippen LogP contribution < -0.4 is 5.32 Å². The molecule has 1 amide bonds. The third-order valence-electron chi connectivity index (χ3n) is 4.77. The van der Waals surface area contributed by atoms with Gasteiger partial charge in [-0.3, -0.25) is 4.79 Å². The van der Waals surface area contributed by atoms with Gasteiger partial charge in [0.25, 0.3) is 5.91 Å². The van der Waals surface area contributed by atoms with Crippen LogP contribution in [0.1, 0.15) is 43.5 Å². The number of nitrogens with one attached hydrogen (secondary N) is 1. The predicted octanol–water partition coefficient (Wildman–Crippen LogP) is 5.35. The highest BCUT2D eigenvalue weighted by Crippen LogP contribution is 2.31. The first-order valence-electron chi connectivity index (χ1n) is 8.97. The summed E-state index contributed by atoms with van der Waals surface area (Å²) >= 11 is 5.97. The average Bonchev–Trinajstić information content (AvgIpc) is 2.68. The van der Waals surface area contributed by atoms with Crippen molar-refractivity contribution in [2.75, 3.05) is 5.32 Å². The van der Waals surface area contributed by atoms with Crippen molar-refractivity contribution in [1.29, 1.82) is 0 Å². The molecule has 4 nitrogen and oxygen atoms in total. The van der Waals surface area contributed by atoms with Crippen molar-refractivity contribution >= 4 is 29.2 Å². The van der Waals surface area contributed by atoms with Crippen molar-refractivity contribution in [3.8, 4) is 0 Å². The zero-order chi connectivity index (χ0) is 19.7. The smallest absolute Gasteiger partial charge is 0.339 e. The highest BCUT2D eigenvalue weighted by atomic mass is 35.5. The Kier molecular flexibility index (Phi) is 4.88. The molecule has 1 atom stereocenters. The van der Waals surface area contributed by atoms with Gasteiger partial charge < -0.3 is 10.1 Å². The first-order chi connectivity index (χ1) is 13.5. The number of hydrogen-bond acceptors (Lipinski definition) is 3. The molecule has 0 aromatic heterocycles. The molecule has 0 saturated heterocycles. The number of benzene rings is 3. The van der Waals surface area contributed by atoms with E-state index in [1.165, 1.54) is 0 Å². The van der Waals surface area contributed by atoms with Gasteiger partial charge >= 0.3 is 5.97 Å². The van der Waals surface area contributed by atoms with E-state index < -0.39 is 0 Å². The Labute approximate surface area is 168 Å². The van der Waals surface area contributed by atoms with Crippen LogP contribution in [0.3, 0.4) is 0 Å². The molecule has 28 heavy (non-hydrogen) atoms. The fourth-order valence-corrected chi connectivity index (χ4v) is 3.46. The Morgan fingerprint density at radius 3 is 2.61 bits per heavy atom. The van der Waals surface area contributed by atoms with E-state index in [9.17, 15) is 9.59 Å². The maximum Gasteiger partial charge on any atom is 0.339 e. The van der Waals surface area contributed by atoms with Gasteiger partial charge in [-0.2, -0.15) is 0 Å². The summed E-state index contributed by atoms with van der Waals surface area (Å²) in [5.41, 5.74) is 4.50. The van der Waals surface area contributed by atoms with Gasteiger partial charge in [0.05, 0.1) is 5.56 Å². The lowest BCUT2D eigenvalue weighted by molar-refractivity contribution is 0.0252. The summed E-state index contributed by atoms with van der Waals surface area (Å²) < 4.78 is 5.59. The molecule has 3 aromatic carbocycles. The SMILES string of the molecule is Cc1ccc([C@@H]2Cc3cc(C(=O)Nc4cccc(Cl)c4)ccc3C(=O)O2)cc1. The molecule has 5 heteroatoms. The summed E-state index contributed by atoms with van der Waals surface area (Å²) in [4.78, 5) is 25.0. The predicted molar refractivity (Wildman–Crippen MR) is 109 cm³/mol. The Morgan fingerprint density at radius 1 is 1.07 bits per heavy atom. The number of hydrogen-bond donors (Lipinski definition) is 1.